The summed E-state index contributed by atoms with van der Waals surface area (Å²) in [6, 6.07) is 16.7. The zero-order valence-electron chi connectivity index (χ0n) is 27.6. The molecule has 5 aliphatic rings. The van der Waals surface area contributed by atoms with Gasteiger partial charge in [0.05, 0.1) is 35.1 Å². The third-order valence-corrected chi connectivity index (χ3v) is 11.5. The Hall–Kier alpha value is -5.49. The number of carbonyl (C=O) groups is 5. The second-order valence-electron chi connectivity index (χ2n) is 14.0. The standard InChI is InChI=1S/C39H33ClFN3O8/c40-23-5-3-22(4-6-23)39-30(36(49)44(38(39)51)42-25-9-7-24(41)8-10-25)18-29-27(34(39)21-16-20-17-26(45)11-14-31(20)52-19-21)12-13-28-33(29)37(50)43(35(28)48)15-1-2-32(46)47/h3-12,14,17,19,28-30,33-34,42,45H,1-2,13,15-16,18H2,(H,46,47)/t28-,29+,30-,33-,34-,39+/m0/s1. The fourth-order valence-corrected chi connectivity index (χ4v) is 9.27. The Bertz CT molecular complexity index is 2100. The number of carboxylic acids is 1. The predicted molar refractivity (Wildman–Crippen MR) is 184 cm³/mol. The first-order valence-electron chi connectivity index (χ1n) is 17.1. The van der Waals surface area contributed by atoms with Crippen LogP contribution in [0.15, 0.2) is 90.2 Å². The van der Waals surface area contributed by atoms with Crippen molar-refractivity contribution in [2.24, 2.45) is 29.6 Å². The van der Waals surface area contributed by atoms with Gasteiger partial charge in [-0.05, 0) is 90.9 Å². The van der Waals surface area contributed by atoms with Crippen LogP contribution in [0.25, 0.3) is 0 Å². The molecule has 266 valence electrons. The molecule has 8 rings (SSSR count). The van der Waals surface area contributed by atoms with Crippen molar-refractivity contribution in [3.05, 3.63) is 112 Å². The minimum Gasteiger partial charge on any atom is -0.508 e. The van der Waals surface area contributed by atoms with E-state index < -0.39 is 64.5 Å². The molecule has 13 heteroatoms. The molecule has 0 radical (unpaired) electrons. The largest absolute Gasteiger partial charge is 0.508 e. The summed E-state index contributed by atoms with van der Waals surface area (Å²) in [5, 5.41) is 21.0. The summed E-state index contributed by atoms with van der Waals surface area (Å²) in [4.78, 5) is 70.2. The average Bonchev–Trinajstić information content (AvgIpc) is 3.49. The SMILES string of the molecule is O=C(O)CCCN1C(=O)[C@H]2[C@H](CC=C3[C@H](C4=COc5ccc(O)cc5C4)[C@]4(c5ccc(Cl)cc5)C(=O)N(Nc5ccc(F)cc5)C(=O)[C@@H]4C[C@H]32)C1=O. The highest BCUT2D eigenvalue weighted by molar-refractivity contribution is 6.30. The molecule has 52 heavy (non-hydrogen) atoms. The summed E-state index contributed by atoms with van der Waals surface area (Å²) in [5.41, 5.74) is 4.19. The third kappa shape index (κ3) is 5.18. The van der Waals surface area contributed by atoms with Gasteiger partial charge in [0.15, 0.2) is 0 Å². The number of hydrogen-bond donors (Lipinski definition) is 3. The van der Waals surface area contributed by atoms with E-state index in [1.807, 2.05) is 6.08 Å². The van der Waals surface area contributed by atoms with E-state index >= 15 is 4.79 Å². The summed E-state index contributed by atoms with van der Waals surface area (Å²) < 4.78 is 20.0. The van der Waals surface area contributed by atoms with Gasteiger partial charge in [0.25, 0.3) is 11.8 Å². The fourth-order valence-electron chi connectivity index (χ4n) is 9.15. The Kier molecular flexibility index (Phi) is 8.17. The predicted octanol–water partition coefficient (Wildman–Crippen LogP) is 5.39. The molecule has 3 heterocycles. The molecule has 3 fully saturated rings. The summed E-state index contributed by atoms with van der Waals surface area (Å²) in [6.45, 7) is -0.0351. The quantitative estimate of drug-likeness (QED) is 0.205. The number of ether oxygens (including phenoxy) is 1. The summed E-state index contributed by atoms with van der Waals surface area (Å²) >= 11 is 6.35. The molecule has 3 aromatic rings. The Morgan fingerprint density at radius 1 is 0.981 bits per heavy atom. The number of benzene rings is 3. The first-order chi connectivity index (χ1) is 25.0. The second-order valence-corrected chi connectivity index (χ2v) is 14.4. The van der Waals surface area contributed by atoms with Crippen molar-refractivity contribution in [2.45, 2.75) is 37.5 Å². The van der Waals surface area contributed by atoms with Gasteiger partial charge in [-0.15, -0.1) is 0 Å². The number of nitrogens with zero attached hydrogens (tertiary/aromatic N) is 2. The number of anilines is 1. The number of carbonyl (C=O) groups excluding carboxylic acids is 4. The van der Waals surface area contributed by atoms with Gasteiger partial charge in [0.2, 0.25) is 11.8 Å². The van der Waals surface area contributed by atoms with Crippen molar-refractivity contribution in [2.75, 3.05) is 12.0 Å². The van der Waals surface area contributed by atoms with E-state index in [2.05, 4.69) is 5.43 Å². The van der Waals surface area contributed by atoms with Crippen LogP contribution in [0.4, 0.5) is 10.1 Å². The molecule has 3 aromatic carbocycles. The van der Waals surface area contributed by atoms with Gasteiger partial charge in [-0.2, -0.15) is 5.01 Å². The minimum absolute atomic E-state index is 0.0231. The highest BCUT2D eigenvalue weighted by atomic mass is 35.5. The number of rotatable bonds is 8. The zero-order chi connectivity index (χ0) is 36.5. The molecule has 3 N–H and O–H groups in total. The van der Waals surface area contributed by atoms with Crippen molar-refractivity contribution in [1.82, 2.24) is 9.91 Å². The van der Waals surface area contributed by atoms with Crippen molar-refractivity contribution < 1.29 is 43.3 Å². The van der Waals surface area contributed by atoms with Gasteiger partial charge in [-0.3, -0.25) is 34.3 Å². The zero-order valence-corrected chi connectivity index (χ0v) is 28.4. The van der Waals surface area contributed by atoms with Gasteiger partial charge in [-0.25, -0.2) is 4.39 Å². The highest BCUT2D eigenvalue weighted by Crippen LogP contribution is 2.63. The summed E-state index contributed by atoms with van der Waals surface area (Å²) in [6.07, 6.45) is 3.91. The van der Waals surface area contributed by atoms with Crippen molar-refractivity contribution >= 4 is 46.9 Å². The first-order valence-corrected chi connectivity index (χ1v) is 17.5. The molecular weight excluding hydrogens is 693 g/mol. The number of phenols is 1. The number of allylic oxidation sites excluding steroid dienone is 3. The Morgan fingerprint density at radius 2 is 1.73 bits per heavy atom. The number of carboxylic acid groups (broad SMARTS) is 1. The molecule has 0 bridgehead atoms. The first kappa shape index (κ1) is 33.6. The van der Waals surface area contributed by atoms with Crippen molar-refractivity contribution in [3.8, 4) is 11.5 Å². The van der Waals surface area contributed by atoms with Gasteiger partial charge in [-0.1, -0.05) is 35.4 Å². The van der Waals surface area contributed by atoms with E-state index in [0.29, 0.717) is 33.2 Å². The van der Waals surface area contributed by atoms with Crippen LogP contribution in [0.2, 0.25) is 5.02 Å². The fraction of sp³-hybridized carbons (Fsp3) is 0.308. The smallest absolute Gasteiger partial charge is 0.303 e. The maximum Gasteiger partial charge on any atom is 0.303 e. The number of hydrazine groups is 1. The number of imide groups is 2. The van der Waals surface area contributed by atoms with E-state index in [0.717, 1.165) is 15.5 Å². The molecule has 4 amide bonds. The summed E-state index contributed by atoms with van der Waals surface area (Å²) in [5.74, 6) is -6.92. The van der Waals surface area contributed by atoms with Crippen LogP contribution >= 0.6 is 11.6 Å². The van der Waals surface area contributed by atoms with Gasteiger partial charge in [0, 0.05) is 35.9 Å². The van der Waals surface area contributed by atoms with E-state index in [1.54, 1.807) is 42.7 Å². The number of nitrogens with one attached hydrogen (secondary N) is 1. The summed E-state index contributed by atoms with van der Waals surface area (Å²) in [7, 11) is 0. The Morgan fingerprint density at radius 3 is 2.46 bits per heavy atom. The van der Waals surface area contributed by atoms with Gasteiger partial charge < -0.3 is 14.9 Å². The van der Waals surface area contributed by atoms with Crippen molar-refractivity contribution in [3.63, 3.8) is 0 Å². The van der Waals surface area contributed by atoms with E-state index in [9.17, 15) is 33.8 Å². The van der Waals surface area contributed by atoms with Crippen LogP contribution in [0.3, 0.4) is 0 Å². The molecule has 2 aliphatic carbocycles. The van der Waals surface area contributed by atoms with Gasteiger partial charge >= 0.3 is 5.97 Å². The molecule has 6 atom stereocenters. The van der Waals surface area contributed by atoms with Crippen LogP contribution in [0.1, 0.15) is 36.8 Å². The van der Waals surface area contributed by atoms with E-state index in [4.69, 9.17) is 16.3 Å². The lowest BCUT2D eigenvalue weighted by atomic mass is 9.48. The molecule has 0 unspecified atom stereocenters. The topological polar surface area (TPSA) is 154 Å². The lowest BCUT2D eigenvalue weighted by Gasteiger charge is -2.51. The van der Waals surface area contributed by atoms with E-state index in [1.165, 1.54) is 30.3 Å². The number of phenolic OH excluding ortho intramolecular Hbond substituents is 1. The third-order valence-electron chi connectivity index (χ3n) is 11.3. The number of aromatic hydroxyl groups is 1. The number of amides is 4. The van der Waals surface area contributed by atoms with Crippen LogP contribution in [-0.4, -0.2) is 56.3 Å². The normalized spacial score (nSPS) is 27.6. The van der Waals surface area contributed by atoms with Crippen LogP contribution in [0.5, 0.6) is 11.5 Å². The Labute approximate surface area is 302 Å². The molecule has 0 aromatic heterocycles. The van der Waals surface area contributed by atoms with Gasteiger partial charge in [0.1, 0.15) is 17.3 Å². The van der Waals surface area contributed by atoms with E-state index in [-0.39, 0.29) is 50.3 Å². The molecule has 2 saturated heterocycles. The molecule has 1 saturated carbocycles. The van der Waals surface area contributed by atoms with Crippen LogP contribution in [-0.2, 0) is 35.8 Å². The number of hydrogen-bond acceptors (Lipinski definition) is 8. The lowest BCUT2D eigenvalue weighted by Crippen LogP contribution is -2.55. The molecule has 3 aliphatic heterocycles. The molecular formula is C39H33ClFN3O8. The number of fused-ring (bicyclic) bond motifs is 5. The van der Waals surface area contributed by atoms with Crippen LogP contribution in [0, 0.1) is 35.4 Å². The molecule has 0 spiro atoms. The maximum absolute atomic E-state index is 15.2. The number of halogens is 2. The van der Waals surface area contributed by atoms with Crippen molar-refractivity contribution in [1.29, 1.82) is 0 Å². The monoisotopic (exact) mass is 725 g/mol. The number of likely N-dealkylation sites (tertiary alicyclic amines) is 1. The minimum atomic E-state index is -1.57. The average molecular weight is 726 g/mol. The Balaban J connectivity index is 1.29. The number of aliphatic carboxylic acids is 1. The maximum atomic E-state index is 15.2. The lowest BCUT2D eigenvalue weighted by molar-refractivity contribution is -0.142. The molecule has 11 nitrogen and oxygen atoms in total. The highest BCUT2D eigenvalue weighted by Gasteiger charge is 2.70. The van der Waals surface area contributed by atoms with Crippen LogP contribution < -0.4 is 10.2 Å². The second kappa shape index (κ2) is 12.6.